The van der Waals surface area contributed by atoms with Crippen LogP contribution in [0.25, 0.3) is 0 Å². The zero-order chi connectivity index (χ0) is 14.5. The van der Waals surface area contributed by atoms with Gasteiger partial charge in [0.05, 0.1) is 0 Å². The molecule has 0 aliphatic heterocycles. The Morgan fingerprint density at radius 1 is 1.32 bits per heavy atom. The van der Waals surface area contributed by atoms with Gasteiger partial charge in [-0.3, -0.25) is 0 Å². The van der Waals surface area contributed by atoms with Gasteiger partial charge in [-0.15, -0.1) is 0 Å². The number of rotatable bonds is 7. The van der Waals surface area contributed by atoms with Crippen LogP contribution in [0.5, 0.6) is 0 Å². The van der Waals surface area contributed by atoms with Crippen molar-refractivity contribution in [1.82, 2.24) is 10.2 Å². The first-order chi connectivity index (χ1) is 8.92. The first-order valence-corrected chi connectivity index (χ1v) is 8.36. The van der Waals surface area contributed by atoms with Crippen molar-refractivity contribution in [1.29, 1.82) is 0 Å². The first-order valence-electron chi connectivity index (χ1n) is 8.36. The Balaban J connectivity index is 2.70. The molecule has 0 radical (unpaired) electrons. The number of likely N-dealkylation sites (N-methyl/N-ethyl adjacent to an activating group) is 1. The van der Waals surface area contributed by atoms with E-state index in [9.17, 15) is 0 Å². The Labute approximate surface area is 121 Å². The molecule has 114 valence electrons. The Morgan fingerprint density at radius 3 is 2.58 bits per heavy atom. The second-order valence-electron chi connectivity index (χ2n) is 7.33. The highest BCUT2D eigenvalue weighted by atomic mass is 15.2. The molecule has 0 amide bonds. The number of hydrogen-bond acceptors (Lipinski definition) is 2. The maximum Gasteiger partial charge on any atom is 0.0274 e. The third kappa shape index (κ3) is 4.75. The Bertz CT molecular complexity index is 250. The summed E-state index contributed by atoms with van der Waals surface area (Å²) in [7, 11) is 2.33. The van der Waals surface area contributed by atoms with Crippen molar-refractivity contribution in [2.24, 2.45) is 11.3 Å². The smallest absolute Gasteiger partial charge is 0.0274 e. The summed E-state index contributed by atoms with van der Waals surface area (Å²) in [5.74, 6) is 0.807. The Kier molecular flexibility index (Phi) is 6.82. The lowest BCUT2D eigenvalue weighted by atomic mass is 9.70. The molecule has 1 rings (SSSR count). The van der Waals surface area contributed by atoms with Gasteiger partial charge < -0.3 is 10.2 Å². The monoisotopic (exact) mass is 268 g/mol. The minimum Gasteiger partial charge on any atom is -0.312 e. The van der Waals surface area contributed by atoms with E-state index < -0.39 is 0 Å². The zero-order valence-electron chi connectivity index (χ0n) is 14.1. The van der Waals surface area contributed by atoms with E-state index in [0.29, 0.717) is 17.5 Å². The lowest BCUT2D eigenvalue weighted by Gasteiger charge is -2.48. The van der Waals surface area contributed by atoms with Gasteiger partial charge in [-0.2, -0.15) is 0 Å². The van der Waals surface area contributed by atoms with Gasteiger partial charge in [-0.25, -0.2) is 0 Å². The molecule has 0 aromatic heterocycles. The van der Waals surface area contributed by atoms with Crippen molar-refractivity contribution in [2.45, 2.75) is 78.8 Å². The lowest BCUT2D eigenvalue weighted by Crippen LogP contribution is -2.58. The van der Waals surface area contributed by atoms with Crippen LogP contribution in [-0.4, -0.2) is 37.1 Å². The van der Waals surface area contributed by atoms with E-state index in [2.05, 4.69) is 51.9 Å². The fraction of sp³-hybridized carbons (Fsp3) is 1.00. The molecule has 0 aromatic carbocycles. The molecule has 3 unspecified atom stereocenters. The lowest BCUT2D eigenvalue weighted by molar-refractivity contribution is 0.0556. The third-order valence-corrected chi connectivity index (χ3v) is 5.02. The average molecular weight is 268 g/mol. The summed E-state index contributed by atoms with van der Waals surface area (Å²) in [6.07, 6.45) is 6.62. The molecule has 2 heteroatoms. The fourth-order valence-corrected chi connectivity index (χ4v) is 3.55. The van der Waals surface area contributed by atoms with Gasteiger partial charge >= 0.3 is 0 Å². The van der Waals surface area contributed by atoms with Crippen molar-refractivity contribution in [3.05, 3.63) is 0 Å². The highest BCUT2D eigenvalue weighted by molar-refractivity contribution is 4.97. The molecule has 0 spiro atoms. The van der Waals surface area contributed by atoms with Gasteiger partial charge in [0.15, 0.2) is 0 Å². The molecule has 2 nitrogen and oxygen atoms in total. The summed E-state index contributed by atoms with van der Waals surface area (Å²) < 4.78 is 0. The molecular formula is C17H36N2. The molecule has 1 N–H and O–H groups in total. The van der Waals surface area contributed by atoms with Crippen molar-refractivity contribution >= 4 is 0 Å². The van der Waals surface area contributed by atoms with Crippen molar-refractivity contribution in [3.63, 3.8) is 0 Å². The Hall–Kier alpha value is -0.0800. The summed E-state index contributed by atoms with van der Waals surface area (Å²) in [6, 6.07) is 1.36. The van der Waals surface area contributed by atoms with Crippen LogP contribution in [0.4, 0.5) is 0 Å². The van der Waals surface area contributed by atoms with Gasteiger partial charge in [0, 0.05) is 18.6 Å². The second kappa shape index (κ2) is 7.64. The number of nitrogens with one attached hydrogen (secondary N) is 1. The number of hydrogen-bond donors (Lipinski definition) is 1. The van der Waals surface area contributed by atoms with E-state index >= 15 is 0 Å². The molecule has 19 heavy (non-hydrogen) atoms. The van der Waals surface area contributed by atoms with Gasteiger partial charge in [0.1, 0.15) is 0 Å². The normalized spacial score (nSPS) is 28.6. The topological polar surface area (TPSA) is 15.3 Å². The maximum atomic E-state index is 3.84. The van der Waals surface area contributed by atoms with E-state index in [-0.39, 0.29) is 0 Å². The van der Waals surface area contributed by atoms with Crippen LogP contribution in [0.15, 0.2) is 0 Å². The van der Waals surface area contributed by atoms with Crippen LogP contribution in [-0.2, 0) is 0 Å². The summed E-state index contributed by atoms with van der Waals surface area (Å²) in [5, 5.41) is 3.84. The van der Waals surface area contributed by atoms with Crippen LogP contribution in [0.3, 0.4) is 0 Å². The standard InChI is InChI=1S/C17H36N2/c1-7-12-18-16-15(10-9-11-17(16,4)5)19(6)13-14(3)8-2/h14-16,18H,7-13H2,1-6H3. The van der Waals surface area contributed by atoms with Gasteiger partial charge in [0.2, 0.25) is 0 Å². The van der Waals surface area contributed by atoms with Crippen LogP contribution in [0, 0.1) is 11.3 Å². The summed E-state index contributed by atoms with van der Waals surface area (Å²) in [4.78, 5) is 2.63. The van der Waals surface area contributed by atoms with Gasteiger partial charge in [0.25, 0.3) is 0 Å². The quantitative estimate of drug-likeness (QED) is 0.753. The summed E-state index contributed by atoms with van der Waals surface area (Å²) in [5.41, 5.74) is 0.432. The summed E-state index contributed by atoms with van der Waals surface area (Å²) in [6.45, 7) is 14.2. The fourth-order valence-electron chi connectivity index (χ4n) is 3.55. The van der Waals surface area contributed by atoms with Crippen LogP contribution in [0.2, 0.25) is 0 Å². The van der Waals surface area contributed by atoms with Crippen molar-refractivity contribution < 1.29 is 0 Å². The van der Waals surface area contributed by atoms with Crippen LogP contribution in [0.1, 0.15) is 66.7 Å². The average Bonchev–Trinajstić information content (AvgIpc) is 2.36. The van der Waals surface area contributed by atoms with Gasteiger partial charge in [-0.1, -0.05) is 47.5 Å². The molecule has 0 aromatic rings. The molecule has 1 saturated carbocycles. The predicted octanol–water partition coefficient (Wildman–Crippen LogP) is 3.91. The van der Waals surface area contributed by atoms with E-state index in [1.54, 1.807) is 0 Å². The maximum absolute atomic E-state index is 3.84. The minimum atomic E-state index is 0.432. The molecule has 1 fully saturated rings. The molecule has 0 heterocycles. The molecule has 0 saturated heterocycles. The predicted molar refractivity (Wildman–Crippen MR) is 85.6 cm³/mol. The largest absolute Gasteiger partial charge is 0.312 e. The number of nitrogens with zero attached hydrogens (tertiary/aromatic N) is 1. The Morgan fingerprint density at radius 2 is 2.00 bits per heavy atom. The first kappa shape index (κ1) is 17.0. The molecule has 1 aliphatic rings. The molecule has 0 bridgehead atoms. The minimum absolute atomic E-state index is 0.432. The molecule has 3 atom stereocenters. The van der Waals surface area contributed by atoms with Crippen molar-refractivity contribution in [3.8, 4) is 0 Å². The SMILES string of the molecule is CCCNC1C(N(C)CC(C)CC)CCCC1(C)C. The van der Waals surface area contributed by atoms with Crippen LogP contribution < -0.4 is 5.32 Å². The van der Waals surface area contributed by atoms with E-state index in [1.807, 2.05) is 0 Å². The highest BCUT2D eigenvalue weighted by Gasteiger charge is 2.40. The van der Waals surface area contributed by atoms with Gasteiger partial charge in [-0.05, 0) is 44.2 Å². The molecular weight excluding hydrogens is 232 g/mol. The van der Waals surface area contributed by atoms with Crippen LogP contribution >= 0.6 is 0 Å². The van der Waals surface area contributed by atoms with E-state index in [0.717, 1.165) is 12.5 Å². The second-order valence-corrected chi connectivity index (χ2v) is 7.33. The third-order valence-electron chi connectivity index (χ3n) is 5.02. The zero-order valence-corrected chi connectivity index (χ0v) is 14.1. The van der Waals surface area contributed by atoms with E-state index in [4.69, 9.17) is 0 Å². The highest BCUT2D eigenvalue weighted by Crippen LogP contribution is 2.37. The van der Waals surface area contributed by atoms with E-state index in [1.165, 1.54) is 38.6 Å². The molecule has 1 aliphatic carbocycles. The van der Waals surface area contributed by atoms with Crippen molar-refractivity contribution in [2.75, 3.05) is 20.1 Å². The summed E-state index contributed by atoms with van der Waals surface area (Å²) >= 11 is 0.